The quantitative estimate of drug-likeness (QED) is 0.523. The van der Waals surface area contributed by atoms with E-state index in [1.54, 1.807) is 0 Å². The fourth-order valence-electron chi connectivity index (χ4n) is 1.83. The Bertz CT molecular complexity index is 297. The van der Waals surface area contributed by atoms with Gasteiger partial charge in [-0.3, -0.25) is 0 Å². The summed E-state index contributed by atoms with van der Waals surface area (Å²) in [4.78, 5) is 2.07. The Labute approximate surface area is 94.6 Å². The van der Waals surface area contributed by atoms with Gasteiger partial charge in [0.1, 0.15) is 0 Å². The molecule has 1 aromatic carbocycles. The number of halogens is 2. The lowest BCUT2D eigenvalue weighted by Crippen LogP contribution is -2.43. The third kappa shape index (κ3) is 1.99. The van der Waals surface area contributed by atoms with Crippen molar-refractivity contribution in [2.45, 2.75) is 23.7 Å². The summed E-state index contributed by atoms with van der Waals surface area (Å²) in [5.41, 5.74) is 1.11. The average molecular weight is 230 g/mol. The van der Waals surface area contributed by atoms with Gasteiger partial charge in [-0.1, -0.05) is 41.4 Å². The van der Waals surface area contributed by atoms with Gasteiger partial charge in [-0.05, 0) is 31.4 Å². The summed E-state index contributed by atoms with van der Waals surface area (Å²) in [6.45, 7) is 0.941. The summed E-state index contributed by atoms with van der Waals surface area (Å²) < 4.78 is -0.723. The molecule has 1 aliphatic heterocycles. The molecule has 0 aliphatic carbocycles. The molecular weight excluding hydrogens is 217 g/mol. The minimum absolute atomic E-state index is 0.723. The van der Waals surface area contributed by atoms with E-state index in [2.05, 4.69) is 4.90 Å². The van der Waals surface area contributed by atoms with E-state index < -0.39 is 4.46 Å². The van der Waals surface area contributed by atoms with Gasteiger partial charge in [0.2, 0.25) is 0 Å². The highest BCUT2D eigenvalue weighted by atomic mass is 35.5. The minimum atomic E-state index is -0.723. The summed E-state index contributed by atoms with van der Waals surface area (Å²) in [6.07, 6.45) is 3.11. The third-order valence-electron chi connectivity index (χ3n) is 2.57. The van der Waals surface area contributed by atoms with Gasteiger partial charge >= 0.3 is 0 Å². The van der Waals surface area contributed by atoms with E-state index in [4.69, 9.17) is 23.2 Å². The van der Waals surface area contributed by atoms with Crippen molar-refractivity contribution in [1.29, 1.82) is 0 Å². The van der Waals surface area contributed by atoms with Crippen LogP contribution in [0.2, 0.25) is 0 Å². The third-order valence-corrected chi connectivity index (χ3v) is 3.36. The number of alkyl halides is 2. The van der Waals surface area contributed by atoms with Crippen molar-refractivity contribution in [2.75, 3.05) is 11.4 Å². The molecule has 1 saturated heterocycles. The summed E-state index contributed by atoms with van der Waals surface area (Å²) in [5, 5.41) is 0. The first-order valence-corrected chi connectivity index (χ1v) is 5.66. The Balaban J connectivity index is 2.24. The summed E-state index contributed by atoms with van der Waals surface area (Å²) in [7, 11) is 0. The molecule has 1 aromatic rings. The molecule has 1 fully saturated rings. The second-order valence-corrected chi connectivity index (χ2v) is 5.05. The van der Waals surface area contributed by atoms with Crippen LogP contribution in [0.15, 0.2) is 30.3 Å². The number of piperidine rings is 1. The second-order valence-electron chi connectivity index (χ2n) is 3.61. The number of benzene rings is 1. The average Bonchev–Trinajstić information content (AvgIpc) is 2.18. The Morgan fingerprint density at radius 2 is 1.79 bits per heavy atom. The standard InChI is InChI=1S/C11H13Cl2N/c12-11(13)8-4-5-9-14(11)10-6-2-1-3-7-10/h1-3,6-7H,4-5,8-9H2. The molecule has 0 radical (unpaired) electrons. The van der Waals surface area contributed by atoms with Crippen molar-refractivity contribution in [3.63, 3.8) is 0 Å². The number of para-hydroxylation sites is 1. The molecule has 3 heteroatoms. The second kappa shape index (κ2) is 4.00. The zero-order valence-corrected chi connectivity index (χ0v) is 9.43. The van der Waals surface area contributed by atoms with Crippen LogP contribution in [0.5, 0.6) is 0 Å². The molecule has 1 aliphatic rings. The number of hydrogen-bond acceptors (Lipinski definition) is 1. The van der Waals surface area contributed by atoms with Crippen LogP contribution in [0, 0.1) is 0 Å². The first-order chi connectivity index (χ1) is 6.70. The van der Waals surface area contributed by atoms with Crippen LogP contribution >= 0.6 is 23.2 Å². The highest BCUT2D eigenvalue weighted by molar-refractivity contribution is 6.49. The number of nitrogens with zero attached hydrogens (tertiary/aromatic N) is 1. The maximum atomic E-state index is 6.26. The lowest BCUT2D eigenvalue weighted by atomic mass is 10.1. The Hall–Kier alpha value is -0.400. The molecule has 0 unspecified atom stereocenters. The molecule has 76 valence electrons. The van der Waals surface area contributed by atoms with Gasteiger partial charge in [-0.2, -0.15) is 0 Å². The number of hydrogen-bond donors (Lipinski definition) is 0. The highest BCUT2D eigenvalue weighted by Crippen LogP contribution is 2.38. The van der Waals surface area contributed by atoms with Crippen molar-refractivity contribution < 1.29 is 0 Å². The molecule has 2 rings (SSSR count). The zero-order chi connectivity index (χ0) is 10.0. The molecule has 1 nitrogen and oxygen atoms in total. The molecule has 0 spiro atoms. The normalized spacial score (nSPS) is 20.9. The van der Waals surface area contributed by atoms with Gasteiger partial charge in [0.15, 0.2) is 4.46 Å². The Morgan fingerprint density at radius 3 is 2.43 bits per heavy atom. The molecule has 0 atom stereocenters. The lowest BCUT2D eigenvalue weighted by molar-refractivity contribution is 0.511. The minimum Gasteiger partial charge on any atom is -0.340 e. The van der Waals surface area contributed by atoms with Crippen LogP contribution in [-0.2, 0) is 0 Å². The molecule has 0 saturated carbocycles. The van der Waals surface area contributed by atoms with Crippen molar-refractivity contribution in [3.8, 4) is 0 Å². The van der Waals surface area contributed by atoms with Crippen LogP contribution in [0.1, 0.15) is 19.3 Å². The monoisotopic (exact) mass is 229 g/mol. The van der Waals surface area contributed by atoms with Gasteiger partial charge in [-0.15, -0.1) is 0 Å². The van der Waals surface area contributed by atoms with Crippen molar-refractivity contribution in [2.24, 2.45) is 0 Å². The first-order valence-electron chi connectivity index (χ1n) is 4.91. The predicted octanol–water partition coefficient (Wildman–Crippen LogP) is 3.81. The Morgan fingerprint density at radius 1 is 1.07 bits per heavy atom. The maximum Gasteiger partial charge on any atom is 0.190 e. The summed E-state index contributed by atoms with van der Waals surface area (Å²) in [5.74, 6) is 0. The molecule has 0 bridgehead atoms. The fourth-order valence-corrected chi connectivity index (χ4v) is 2.46. The summed E-state index contributed by atoms with van der Waals surface area (Å²) >= 11 is 12.5. The van der Waals surface area contributed by atoms with Crippen molar-refractivity contribution in [1.82, 2.24) is 0 Å². The largest absolute Gasteiger partial charge is 0.340 e. The topological polar surface area (TPSA) is 3.24 Å². The molecule has 0 aromatic heterocycles. The molecule has 14 heavy (non-hydrogen) atoms. The van der Waals surface area contributed by atoms with E-state index in [0.717, 1.165) is 31.5 Å². The van der Waals surface area contributed by atoms with E-state index in [1.165, 1.54) is 0 Å². The number of anilines is 1. The fraction of sp³-hybridized carbons (Fsp3) is 0.455. The van der Waals surface area contributed by atoms with Crippen molar-refractivity contribution in [3.05, 3.63) is 30.3 Å². The highest BCUT2D eigenvalue weighted by Gasteiger charge is 2.34. The van der Waals surface area contributed by atoms with E-state index >= 15 is 0 Å². The van der Waals surface area contributed by atoms with Crippen LogP contribution in [0.3, 0.4) is 0 Å². The Kier molecular flexibility index (Phi) is 2.89. The van der Waals surface area contributed by atoms with E-state index in [1.807, 2.05) is 30.3 Å². The van der Waals surface area contributed by atoms with Crippen LogP contribution < -0.4 is 4.90 Å². The van der Waals surface area contributed by atoms with Crippen LogP contribution in [0.25, 0.3) is 0 Å². The smallest absolute Gasteiger partial charge is 0.190 e. The molecule has 1 heterocycles. The van der Waals surface area contributed by atoms with Gasteiger partial charge in [0.25, 0.3) is 0 Å². The van der Waals surface area contributed by atoms with Gasteiger partial charge in [0, 0.05) is 12.2 Å². The number of rotatable bonds is 1. The molecular formula is C11H13Cl2N. The van der Waals surface area contributed by atoms with Crippen LogP contribution in [-0.4, -0.2) is 11.0 Å². The zero-order valence-electron chi connectivity index (χ0n) is 7.92. The molecule has 0 N–H and O–H groups in total. The van der Waals surface area contributed by atoms with E-state index in [9.17, 15) is 0 Å². The summed E-state index contributed by atoms with van der Waals surface area (Å²) in [6, 6.07) is 10.1. The van der Waals surface area contributed by atoms with Gasteiger partial charge < -0.3 is 4.90 Å². The van der Waals surface area contributed by atoms with E-state index in [-0.39, 0.29) is 0 Å². The van der Waals surface area contributed by atoms with E-state index in [0.29, 0.717) is 0 Å². The van der Waals surface area contributed by atoms with Gasteiger partial charge in [0.05, 0.1) is 0 Å². The predicted molar refractivity (Wildman–Crippen MR) is 62.1 cm³/mol. The van der Waals surface area contributed by atoms with Crippen molar-refractivity contribution >= 4 is 28.9 Å². The maximum absolute atomic E-state index is 6.26. The molecule has 0 amide bonds. The van der Waals surface area contributed by atoms with Gasteiger partial charge in [-0.25, -0.2) is 0 Å². The lowest BCUT2D eigenvalue weighted by Gasteiger charge is -2.39. The van der Waals surface area contributed by atoms with Crippen LogP contribution in [0.4, 0.5) is 5.69 Å². The first kappa shape index (κ1) is 10.1. The SMILES string of the molecule is ClC1(Cl)CCCCN1c1ccccc1.